The largest absolute Gasteiger partial charge is 0.497 e. The van der Waals surface area contributed by atoms with Gasteiger partial charge in [-0.05, 0) is 35.4 Å². The summed E-state index contributed by atoms with van der Waals surface area (Å²) in [7, 11) is -2.87. The number of methoxy groups -OCH3 is 1. The lowest BCUT2D eigenvalue weighted by molar-refractivity contribution is -0.186. The summed E-state index contributed by atoms with van der Waals surface area (Å²) in [6.45, 7) is -0.636. The van der Waals surface area contributed by atoms with Gasteiger partial charge in [-0.2, -0.15) is 13.2 Å². The minimum absolute atomic E-state index is 0.201. The van der Waals surface area contributed by atoms with Crippen molar-refractivity contribution < 1.29 is 35.5 Å². The Kier molecular flexibility index (Phi) is 4.96. The Morgan fingerprint density at radius 3 is 2.39 bits per heavy atom. The normalized spacial score (nSPS) is 14.0. The zero-order valence-electron chi connectivity index (χ0n) is 14.4. The van der Waals surface area contributed by atoms with Crippen LogP contribution in [0.4, 0.5) is 23.2 Å². The molecule has 1 aliphatic heterocycles. The van der Waals surface area contributed by atoms with Crippen LogP contribution in [0.5, 0.6) is 5.75 Å². The van der Waals surface area contributed by atoms with E-state index in [4.69, 9.17) is 4.74 Å². The number of anilines is 1. The first-order valence-corrected chi connectivity index (χ1v) is 9.34. The molecule has 0 spiro atoms. The second kappa shape index (κ2) is 6.97. The lowest BCUT2D eigenvalue weighted by atomic mass is 10.1. The molecule has 2 aromatic rings. The van der Waals surface area contributed by atoms with E-state index < -0.39 is 27.9 Å². The van der Waals surface area contributed by atoms with Crippen molar-refractivity contribution in [3.05, 3.63) is 53.3 Å². The Hall–Kier alpha value is -2.82. The number of hydrogen-bond donors (Lipinski definition) is 1. The smallest absolute Gasteiger partial charge is 0.471 e. The third kappa shape index (κ3) is 3.88. The van der Waals surface area contributed by atoms with Crippen LogP contribution in [0.1, 0.15) is 11.1 Å². The lowest BCUT2D eigenvalue weighted by Crippen LogP contribution is -2.37. The van der Waals surface area contributed by atoms with Crippen LogP contribution in [0.3, 0.4) is 0 Å². The van der Waals surface area contributed by atoms with Crippen LogP contribution >= 0.6 is 0 Å². The molecule has 1 N–H and O–H groups in total. The monoisotopic (exact) mass is 418 g/mol. The van der Waals surface area contributed by atoms with Crippen molar-refractivity contribution >= 4 is 21.6 Å². The number of halogens is 4. The summed E-state index contributed by atoms with van der Waals surface area (Å²) < 4.78 is 83.7. The summed E-state index contributed by atoms with van der Waals surface area (Å²) in [5.74, 6) is -2.65. The molecule has 28 heavy (non-hydrogen) atoms. The topological polar surface area (TPSA) is 75.7 Å². The van der Waals surface area contributed by atoms with Crippen LogP contribution in [-0.4, -0.2) is 32.5 Å². The quantitative estimate of drug-likeness (QED) is 0.775. The third-order valence-corrected chi connectivity index (χ3v) is 5.52. The number of carbonyl (C=O) groups is 1. The van der Waals surface area contributed by atoms with Gasteiger partial charge >= 0.3 is 12.1 Å². The van der Waals surface area contributed by atoms with Crippen molar-refractivity contribution in [2.45, 2.75) is 24.2 Å². The Bertz CT molecular complexity index is 1040. The van der Waals surface area contributed by atoms with Gasteiger partial charge in [-0.25, -0.2) is 12.8 Å². The molecule has 0 bridgehead atoms. The van der Waals surface area contributed by atoms with Crippen molar-refractivity contribution in [1.29, 1.82) is 0 Å². The lowest BCUT2D eigenvalue weighted by Gasteiger charge is -2.16. The molecule has 1 aliphatic rings. The Morgan fingerprint density at radius 1 is 1.11 bits per heavy atom. The number of benzene rings is 2. The van der Waals surface area contributed by atoms with Crippen molar-refractivity contribution in [1.82, 2.24) is 4.90 Å². The molecule has 0 atom stereocenters. The highest BCUT2D eigenvalue weighted by Gasteiger charge is 2.44. The van der Waals surface area contributed by atoms with Crippen molar-refractivity contribution in [2.24, 2.45) is 0 Å². The average Bonchev–Trinajstić information content (AvgIpc) is 3.04. The molecule has 3 rings (SSSR count). The molecule has 0 radical (unpaired) electrons. The van der Waals surface area contributed by atoms with E-state index in [0.717, 1.165) is 6.07 Å². The predicted molar refractivity (Wildman–Crippen MR) is 90.5 cm³/mol. The van der Waals surface area contributed by atoms with E-state index in [-0.39, 0.29) is 35.0 Å². The van der Waals surface area contributed by atoms with Crippen LogP contribution in [0, 0.1) is 5.82 Å². The Balaban J connectivity index is 1.83. The van der Waals surface area contributed by atoms with Crippen LogP contribution in [-0.2, 0) is 27.9 Å². The van der Waals surface area contributed by atoms with Crippen LogP contribution in [0.2, 0.25) is 0 Å². The van der Waals surface area contributed by atoms with Gasteiger partial charge in [-0.15, -0.1) is 0 Å². The summed E-state index contributed by atoms with van der Waals surface area (Å²) >= 11 is 0. The van der Waals surface area contributed by atoms with Gasteiger partial charge in [-0.3, -0.25) is 9.52 Å². The van der Waals surface area contributed by atoms with E-state index >= 15 is 0 Å². The fourth-order valence-electron chi connectivity index (χ4n) is 2.77. The van der Waals surface area contributed by atoms with Crippen LogP contribution < -0.4 is 9.46 Å². The number of hydrogen-bond acceptors (Lipinski definition) is 4. The first kappa shape index (κ1) is 19.9. The van der Waals surface area contributed by atoms with E-state index in [1.165, 1.54) is 37.4 Å². The molecule has 0 saturated carbocycles. The fourth-order valence-corrected chi connectivity index (χ4v) is 3.89. The van der Waals surface area contributed by atoms with E-state index in [9.17, 15) is 30.8 Å². The molecule has 0 aromatic heterocycles. The molecule has 0 saturated heterocycles. The summed E-state index contributed by atoms with van der Waals surface area (Å²) in [6, 6.07) is 7.24. The van der Waals surface area contributed by atoms with Crippen molar-refractivity contribution in [3.8, 4) is 5.75 Å². The minimum atomic E-state index is -5.01. The zero-order valence-corrected chi connectivity index (χ0v) is 15.2. The number of alkyl halides is 3. The number of rotatable bonds is 4. The second-order valence-electron chi connectivity index (χ2n) is 6.04. The average molecular weight is 418 g/mol. The highest BCUT2D eigenvalue weighted by Crippen LogP contribution is 2.30. The molecule has 1 heterocycles. The van der Waals surface area contributed by atoms with E-state index in [0.29, 0.717) is 10.5 Å². The molecule has 0 fully saturated rings. The Morgan fingerprint density at radius 2 is 1.79 bits per heavy atom. The van der Waals surface area contributed by atoms with Crippen LogP contribution in [0.25, 0.3) is 0 Å². The third-order valence-electron chi connectivity index (χ3n) is 4.16. The minimum Gasteiger partial charge on any atom is -0.497 e. The van der Waals surface area contributed by atoms with Gasteiger partial charge < -0.3 is 9.64 Å². The van der Waals surface area contributed by atoms with Gasteiger partial charge in [-0.1, -0.05) is 6.07 Å². The van der Waals surface area contributed by atoms with Gasteiger partial charge in [0.05, 0.1) is 17.7 Å². The summed E-state index contributed by atoms with van der Waals surface area (Å²) in [4.78, 5) is 11.7. The number of sulfonamides is 1. The summed E-state index contributed by atoms with van der Waals surface area (Å²) in [5, 5.41) is 0. The number of carbonyl (C=O) groups excluding carboxylic acids is 1. The molecule has 0 unspecified atom stereocenters. The summed E-state index contributed by atoms with van der Waals surface area (Å²) in [5.41, 5.74) is 0.373. The number of nitrogens with zero attached hydrogens (tertiary/aromatic N) is 1. The van der Waals surface area contributed by atoms with Gasteiger partial charge in [0.1, 0.15) is 5.75 Å². The SMILES string of the molecule is COc1ccc(NS(=O)(=O)c2ccc3c(c2)CN(C(=O)C(F)(F)F)C3)c(F)c1. The Labute approximate surface area is 157 Å². The van der Waals surface area contributed by atoms with Gasteiger partial charge in [0.25, 0.3) is 10.0 Å². The number of amides is 1. The fraction of sp³-hybridized carbons (Fsp3) is 0.235. The maximum absolute atomic E-state index is 14.0. The number of nitrogens with one attached hydrogen (secondary N) is 1. The molecule has 0 aliphatic carbocycles. The zero-order chi connectivity index (χ0) is 20.7. The maximum Gasteiger partial charge on any atom is 0.471 e. The van der Waals surface area contributed by atoms with Crippen molar-refractivity contribution in [2.75, 3.05) is 11.8 Å². The molecule has 6 nitrogen and oxygen atoms in total. The first-order valence-electron chi connectivity index (χ1n) is 7.85. The van der Waals surface area contributed by atoms with Crippen molar-refractivity contribution in [3.63, 3.8) is 0 Å². The standard InChI is InChI=1S/C17H14F4N2O4S/c1-27-12-3-5-15(14(18)7-12)22-28(25,26)13-4-2-10-8-23(9-11(10)6-13)16(24)17(19,20)21/h2-7,22H,8-9H2,1H3. The predicted octanol–water partition coefficient (Wildman–Crippen LogP) is 3.04. The van der Waals surface area contributed by atoms with E-state index in [1.807, 2.05) is 0 Å². The molecular formula is C17H14F4N2O4S. The molecular weight excluding hydrogens is 404 g/mol. The highest BCUT2D eigenvalue weighted by molar-refractivity contribution is 7.92. The van der Waals surface area contributed by atoms with Gasteiger partial charge in [0.2, 0.25) is 0 Å². The number of ether oxygens (including phenoxy) is 1. The van der Waals surface area contributed by atoms with Gasteiger partial charge in [0, 0.05) is 19.2 Å². The molecule has 1 amide bonds. The van der Waals surface area contributed by atoms with E-state index in [1.54, 1.807) is 0 Å². The molecule has 2 aromatic carbocycles. The molecule has 11 heteroatoms. The van der Waals surface area contributed by atoms with E-state index in [2.05, 4.69) is 4.72 Å². The number of fused-ring (bicyclic) bond motifs is 1. The second-order valence-corrected chi connectivity index (χ2v) is 7.72. The molecule has 150 valence electrons. The maximum atomic E-state index is 14.0. The first-order chi connectivity index (χ1) is 13.0. The van der Waals surface area contributed by atoms with Gasteiger partial charge in [0.15, 0.2) is 5.82 Å². The highest BCUT2D eigenvalue weighted by atomic mass is 32.2. The summed E-state index contributed by atoms with van der Waals surface area (Å²) in [6.07, 6.45) is -5.01. The van der Waals surface area contributed by atoms with Crippen LogP contribution in [0.15, 0.2) is 41.3 Å².